The zero-order valence-electron chi connectivity index (χ0n) is 7.76. The predicted octanol–water partition coefficient (Wildman–Crippen LogP) is 1.93. The van der Waals surface area contributed by atoms with Gasteiger partial charge in [0.05, 0.1) is 0 Å². The fourth-order valence-corrected chi connectivity index (χ4v) is 0.526. The Hall–Kier alpha value is -0.530. The van der Waals surface area contributed by atoms with Gasteiger partial charge in [0, 0.05) is 5.92 Å². The summed E-state index contributed by atoms with van der Waals surface area (Å²) < 4.78 is 0. The second-order valence-corrected chi connectivity index (χ2v) is 3.41. The molecule has 1 amide bonds. The first-order chi connectivity index (χ1) is 5.07. The van der Waals surface area contributed by atoms with E-state index in [0.29, 0.717) is 0 Å². The molecule has 2 N–H and O–H groups in total. The van der Waals surface area contributed by atoms with Gasteiger partial charge in [-0.3, -0.25) is 4.79 Å². The van der Waals surface area contributed by atoms with Crippen molar-refractivity contribution in [3.05, 3.63) is 0 Å². The van der Waals surface area contributed by atoms with Crippen LogP contribution in [0.3, 0.4) is 0 Å². The van der Waals surface area contributed by atoms with Gasteiger partial charge in [-0.2, -0.15) is 0 Å². The van der Waals surface area contributed by atoms with Crippen molar-refractivity contribution in [1.29, 1.82) is 0 Å². The van der Waals surface area contributed by atoms with Gasteiger partial charge in [-0.15, -0.1) is 0 Å². The summed E-state index contributed by atoms with van der Waals surface area (Å²) >= 11 is 0. The van der Waals surface area contributed by atoms with Gasteiger partial charge in [-0.25, -0.2) is 0 Å². The third-order valence-corrected chi connectivity index (χ3v) is 1.84. The number of rotatable bonds is 2. The van der Waals surface area contributed by atoms with Crippen molar-refractivity contribution in [1.82, 2.24) is 0 Å². The van der Waals surface area contributed by atoms with Gasteiger partial charge in [0.1, 0.15) is 0 Å². The Balaban J connectivity index is 0.000000183. The Morgan fingerprint density at radius 1 is 1.55 bits per heavy atom. The van der Waals surface area contributed by atoms with Crippen molar-refractivity contribution in [3.8, 4) is 0 Å². The highest BCUT2D eigenvalue weighted by Gasteiger charge is 2.17. The Morgan fingerprint density at radius 2 is 1.91 bits per heavy atom. The molecule has 0 spiro atoms. The molecule has 0 aromatic carbocycles. The Labute approximate surface area is 69.2 Å². The van der Waals surface area contributed by atoms with Crippen LogP contribution in [-0.4, -0.2) is 5.91 Å². The molecule has 0 aromatic rings. The number of hydrogen-bond donors (Lipinski definition) is 1. The van der Waals surface area contributed by atoms with Crippen molar-refractivity contribution >= 4 is 5.91 Å². The van der Waals surface area contributed by atoms with E-state index in [1.807, 2.05) is 0 Å². The molecule has 1 rings (SSSR count). The molecule has 1 saturated carbocycles. The summed E-state index contributed by atoms with van der Waals surface area (Å²) in [6.07, 6.45) is 4.44. The van der Waals surface area contributed by atoms with E-state index in [4.69, 9.17) is 5.73 Å². The van der Waals surface area contributed by atoms with E-state index in [0.717, 1.165) is 5.92 Å². The van der Waals surface area contributed by atoms with Gasteiger partial charge in [-0.1, -0.05) is 40.0 Å². The number of carbonyl (C=O) groups excluding carboxylic acids is 1. The van der Waals surface area contributed by atoms with Crippen LogP contribution in [0.25, 0.3) is 0 Å². The van der Waals surface area contributed by atoms with E-state index in [1.165, 1.54) is 19.3 Å². The summed E-state index contributed by atoms with van der Waals surface area (Å²) in [6.45, 7) is 5.79. The zero-order chi connectivity index (χ0) is 8.85. The highest BCUT2D eigenvalue weighted by atomic mass is 16.1. The number of nitrogens with two attached hydrogens (primary N) is 1. The number of primary amides is 1. The minimum Gasteiger partial charge on any atom is -0.369 e. The topological polar surface area (TPSA) is 43.1 Å². The zero-order valence-corrected chi connectivity index (χ0v) is 7.76. The monoisotopic (exact) mass is 157 g/mol. The molecular weight excluding hydrogens is 138 g/mol. The number of carbonyl (C=O) groups is 1. The quantitative estimate of drug-likeness (QED) is 0.654. The van der Waals surface area contributed by atoms with E-state index >= 15 is 0 Å². The Bertz CT molecular complexity index is 117. The number of amides is 1. The molecule has 0 unspecified atom stereocenters. The van der Waals surface area contributed by atoms with Gasteiger partial charge in [0.15, 0.2) is 0 Å². The van der Waals surface area contributed by atoms with Crippen molar-refractivity contribution < 1.29 is 4.79 Å². The minimum atomic E-state index is -0.241. The van der Waals surface area contributed by atoms with Crippen LogP contribution in [-0.2, 0) is 4.79 Å². The first kappa shape index (κ1) is 10.5. The molecule has 0 aliphatic heterocycles. The molecule has 0 aromatic heterocycles. The van der Waals surface area contributed by atoms with Crippen LogP contribution in [0.15, 0.2) is 0 Å². The van der Waals surface area contributed by atoms with Gasteiger partial charge in [0.2, 0.25) is 5.91 Å². The van der Waals surface area contributed by atoms with Gasteiger partial charge >= 0.3 is 0 Å². The molecule has 1 fully saturated rings. The molecule has 66 valence electrons. The molecule has 0 bridgehead atoms. The van der Waals surface area contributed by atoms with Crippen LogP contribution in [0, 0.1) is 11.8 Å². The third-order valence-electron chi connectivity index (χ3n) is 1.84. The summed E-state index contributed by atoms with van der Waals surface area (Å²) in [4.78, 5) is 9.92. The van der Waals surface area contributed by atoms with Crippen LogP contribution in [0.1, 0.15) is 40.0 Å². The summed E-state index contributed by atoms with van der Waals surface area (Å²) in [5, 5.41) is 0. The van der Waals surface area contributed by atoms with Crippen LogP contribution < -0.4 is 5.73 Å². The van der Waals surface area contributed by atoms with Gasteiger partial charge in [0.25, 0.3) is 0 Å². The second-order valence-electron chi connectivity index (χ2n) is 3.41. The average molecular weight is 157 g/mol. The molecule has 0 saturated heterocycles. The highest BCUT2D eigenvalue weighted by molar-refractivity contribution is 5.75. The predicted molar refractivity (Wildman–Crippen MR) is 47.0 cm³/mol. The van der Waals surface area contributed by atoms with Crippen LogP contribution in [0.2, 0.25) is 0 Å². The van der Waals surface area contributed by atoms with E-state index in [9.17, 15) is 4.79 Å². The fourth-order valence-electron chi connectivity index (χ4n) is 0.526. The first-order valence-electron chi connectivity index (χ1n) is 4.37. The molecule has 11 heavy (non-hydrogen) atoms. The lowest BCUT2D eigenvalue weighted by Gasteiger charge is -1.90. The van der Waals surface area contributed by atoms with E-state index in [-0.39, 0.29) is 11.8 Å². The maximum Gasteiger partial charge on any atom is 0.219 e. The highest BCUT2D eigenvalue weighted by Crippen LogP contribution is 2.31. The van der Waals surface area contributed by atoms with Crippen molar-refractivity contribution in [2.24, 2.45) is 17.6 Å². The van der Waals surface area contributed by atoms with E-state index in [2.05, 4.69) is 6.92 Å². The molecule has 2 heteroatoms. The summed E-state index contributed by atoms with van der Waals surface area (Å²) in [5.41, 5.74) is 4.80. The molecule has 0 radical (unpaired) electrons. The van der Waals surface area contributed by atoms with Crippen molar-refractivity contribution in [2.75, 3.05) is 0 Å². The first-order valence-corrected chi connectivity index (χ1v) is 4.37. The van der Waals surface area contributed by atoms with Gasteiger partial charge in [-0.05, 0) is 5.92 Å². The lowest BCUT2D eigenvalue weighted by atomic mass is 10.2. The van der Waals surface area contributed by atoms with Gasteiger partial charge < -0.3 is 5.73 Å². The Morgan fingerprint density at radius 3 is 1.91 bits per heavy atom. The van der Waals surface area contributed by atoms with Crippen molar-refractivity contribution in [2.45, 2.75) is 40.0 Å². The SMILES string of the molecule is CC(C)C(N)=O.CCC1CC1. The lowest BCUT2D eigenvalue weighted by molar-refractivity contribution is -0.120. The average Bonchev–Trinajstić information content (AvgIpc) is 2.70. The lowest BCUT2D eigenvalue weighted by Crippen LogP contribution is -2.17. The Kier molecular flexibility index (Phi) is 4.92. The summed E-state index contributed by atoms with van der Waals surface area (Å²) in [5.74, 6) is 0.884. The smallest absolute Gasteiger partial charge is 0.219 e. The maximum absolute atomic E-state index is 9.92. The van der Waals surface area contributed by atoms with Crippen LogP contribution >= 0.6 is 0 Å². The third kappa shape index (κ3) is 7.37. The normalized spacial score (nSPS) is 15.6. The fraction of sp³-hybridized carbons (Fsp3) is 0.889. The summed E-state index contributed by atoms with van der Waals surface area (Å²) in [6, 6.07) is 0. The summed E-state index contributed by atoms with van der Waals surface area (Å²) in [7, 11) is 0. The molecule has 1 aliphatic carbocycles. The largest absolute Gasteiger partial charge is 0.369 e. The number of hydrogen-bond acceptors (Lipinski definition) is 1. The molecular formula is C9H19NO. The van der Waals surface area contributed by atoms with Crippen LogP contribution in [0.4, 0.5) is 0 Å². The van der Waals surface area contributed by atoms with Crippen molar-refractivity contribution in [3.63, 3.8) is 0 Å². The second kappa shape index (κ2) is 5.16. The van der Waals surface area contributed by atoms with Crippen LogP contribution in [0.5, 0.6) is 0 Å². The maximum atomic E-state index is 9.92. The van der Waals surface area contributed by atoms with E-state index in [1.54, 1.807) is 13.8 Å². The molecule has 0 heterocycles. The standard InChI is InChI=1S/C5H10.C4H9NO/c1-2-5-3-4-5;1-3(2)4(5)6/h5H,2-4H2,1H3;3H,1-2H3,(H2,5,6). The molecule has 2 nitrogen and oxygen atoms in total. The minimum absolute atomic E-state index is 0.00926. The van der Waals surface area contributed by atoms with E-state index < -0.39 is 0 Å². The molecule has 1 aliphatic rings. The molecule has 0 atom stereocenters.